The highest BCUT2D eigenvalue weighted by Gasteiger charge is 2.39. The molecule has 0 aliphatic carbocycles. The molecular formula is C62H83F2N9O13. The van der Waals surface area contributed by atoms with Crippen molar-refractivity contribution in [1.29, 1.82) is 0 Å². The third-order valence-corrected chi connectivity index (χ3v) is 13.1. The summed E-state index contributed by atoms with van der Waals surface area (Å²) in [4.78, 5) is 110. The van der Waals surface area contributed by atoms with Gasteiger partial charge in [-0.3, -0.25) is 38.5 Å². The van der Waals surface area contributed by atoms with Gasteiger partial charge in [0.15, 0.2) is 0 Å². The highest BCUT2D eigenvalue weighted by Crippen LogP contribution is 2.40. The quantitative estimate of drug-likeness (QED) is 0.0247. The number of benzene rings is 3. The number of anilines is 1. The molecule has 3 aromatic carbocycles. The van der Waals surface area contributed by atoms with Crippen LogP contribution in [0.1, 0.15) is 109 Å². The first kappa shape index (κ1) is 68.8. The molecule has 22 nitrogen and oxygen atoms in total. The third-order valence-electron chi connectivity index (χ3n) is 13.1. The second kappa shape index (κ2) is 33.7. The molecule has 4 aromatic rings. The molecular weight excluding hydrogens is 1120 g/mol. The van der Waals surface area contributed by atoms with Crippen LogP contribution in [0.3, 0.4) is 0 Å². The van der Waals surface area contributed by atoms with Gasteiger partial charge < -0.3 is 59.7 Å². The van der Waals surface area contributed by atoms with Crippen LogP contribution < -0.4 is 26.6 Å². The fraction of sp³-hybridized carbons (Fsp3) is 0.500. The predicted octanol–water partition coefficient (Wildman–Crippen LogP) is 6.49. The molecule has 8 amide bonds. The van der Waals surface area contributed by atoms with Gasteiger partial charge in [0.1, 0.15) is 35.1 Å². The molecule has 0 fully saturated rings. The molecule has 1 aliphatic rings. The Balaban J connectivity index is 1.10. The van der Waals surface area contributed by atoms with E-state index in [-0.39, 0.29) is 107 Å². The summed E-state index contributed by atoms with van der Waals surface area (Å²) in [5, 5.41) is 13.6. The molecule has 5 rings (SSSR count). The maximum Gasteiger partial charge on any atom is 0.407 e. The maximum absolute atomic E-state index is 15.4. The van der Waals surface area contributed by atoms with E-state index in [1.807, 2.05) is 55.7 Å². The summed E-state index contributed by atoms with van der Waals surface area (Å²) in [6.45, 7) is 18.9. The van der Waals surface area contributed by atoms with Gasteiger partial charge in [-0.25, -0.2) is 18.6 Å². The Labute approximate surface area is 501 Å². The highest BCUT2D eigenvalue weighted by atomic mass is 19.1. The Kier molecular flexibility index (Phi) is 27.0. The van der Waals surface area contributed by atoms with Crippen LogP contribution in [0.15, 0.2) is 91.1 Å². The number of halogens is 2. The van der Waals surface area contributed by atoms with Crippen LogP contribution in [-0.4, -0.2) is 164 Å². The Morgan fingerprint density at radius 2 is 1.30 bits per heavy atom. The van der Waals surface area contributed by atoms with Gasteiger partial charge in [0.2, 0.25) is 23.6 Å². The van der Waals surface area contributed by atoms with Crippen molar-refractivity contribution in [2.24, 2.45) is 11.3 Å². The molecule has 1 aromatic heterocycles. The highest BCUT2D eigenvalue weighted by molar-refractivity contribution is 6.13. The Morgan fingerprint density at radius 3 is 1.91 bits per heavy atom. The van der Waals surface area contributed by atoms with Gasteiger partial charge in [-0.05, 0) is 93.5 Å². The number of rotatable bonds is 34. The maximum atomic E-state index is 15.4. The Morgan fingerprint density at radius 1 is 0.686 bits per heavy atom. The summed E-state index contributed by atoms with van der Waals surface area (Å²) >= 11 is 0. The van der Waals surface area contributed by atoms with Gasteiger partial charge in [0.05, 0.1) is 64.6 Å². The number of hydrogen-bond donors (Lipinski definition) is 5. The number of amides is 8. The van der Waals surface area contributed by atoms with E-state index in [1.54, 1.807) is 70.0 Å². The average Bonchev–Trinajstić information content (AvgIpc) is 2.45. The number of carbonyl (C=O) groups excluding carboxylic acids is 8. The SMILES string of the molecule is CC(C)C(NC(=O)CCOCCOCCOCCOCCNC(=O)CCN1C(=O)C=CC1=O)C(=O)N[C@@H](C)C(=O)Nc1ccc(C(=O)N(CCCNC(=O)OC(C)(C)C)C(c2nc(-c3cc(F)ccc3F)cn2Cc2ccccc2)C(C)(C)C)cc1. The smallest absolute Gasteiger partial charge is 0.407 e. The standard InChI is InChI=1S/C62H83F2N9O13/c1-41(2)54(70-51(75)25-30-82-32-34-84-36-37-85-35-33-83-31-27-65-50(74)24-29-72-52(76)22-23-53(72)77)58(79)67-42(3)57(78)68-46-19-16-44(17-20-46)59(80)73(28-13-26-66-60(81)86-62(7,8)9)55(61(4,5)6)56-69-49(47-38-45(63)18-21-48(47)64)40-71(56)39-43-14-11-10-12-15-43/h10-12,14-23,38,40-42,54-55H,13,24-37,39H2,1-9H3,(H,65,74)(H,66,81)(H,67,79)(H,68,78)(H,70,75)/t42-,54?,55?/m0/s1. The number of imidazole rings is 1. The minimum absolute atomic E-state index is 0.000295. The van der Waals surface area contributed by atoms with Crippen LogP contribution in [0, 0.1) is 23.0 Å². The number of alkyl carbamates (subject to hydrolysis) is 1. The fourth-order valence-electron chi connectivity index (χ4n) is 8.88. The largest absolute Gasteiger partial charge is 0.444 e. The van der Waals surface area contributed by atoms with E-state index in [2.05, 4.69) is 26.6 Å². The van der Waals surface area contributed by atoms with E-state index in [1.165, 1.54) is 19.1 Å². The minimum Gasteiger partial charge on any atom is -0.444 e. The molecule has 0 spiro atoms. The van der Waals surface area contributed by atoms with Crippen molar-refractivity contribution in [1.82, 2.24) is 40.6 Å². The van der Waals surface area contributed by atoms with Crippen molar-refractivity contribution in [3.05, 3.63) is 120 Å². The lowest BCUT2D eigenvalue weighted by atomic mass is 9.84. The number of nitrogens with zero attached hydrogens (tertiary/aromatic N) is 4. The molecule has 2 unspecified atom stereocenters. The van der Waals surface area contributed by atoms with Crippen molar-refractivity contribution < 1.29 is 70.8 Å². The Hall–Kier alpha value is -7.93. The van der Waals surface area contributed by atoms with E-state index in [9.17, 15) is 38.0 Å². The number of imide groups is 1. The van der Waals surface area contributed by atoms with Crippen LogP contribution >= 0.6 is 0 Å². The van der Waals surface area contributed by atoms with Crippen LogP contribution in [0.2, 0.25) is 0 Å². The number of hydrogen-bond acceptors (Lipinski definition) is 14. The van der Waals surface area contributed by atoms with Crippen LogP contribution in [0.25, 0.3) is 11.3 Å². The fourth-order valence-corrected chi connectivity index (χ4v) is 8.88. The lowest BCUT2D eigenvalue weighted by molar-refractivity contribution is -0.137. The summed E-state index contributed by atoms with van der Waals surface area (Å²) in [6, 6.07) is 16.1. The summed E-state index contributed by atoms with van der Waals surface area (Å²) in [7, 11) is 0. The van der Waals surface area contributed by atoms with Gasteiger partial charge in [0, 0.05) is 80.7 Å². The molecule has 3 atom stereocenters. The number of carbonyl (C=O) groups is 8. The second-order valence-electron chi connectivity index (χ2n) is 22.8. The van der Waals surface area contributed by atoms with Crippen molar-refractivity contribution in [3.8, 4) is 11.3 Å². The topological polar surface area (TPSA) is 267 Å². The molecule has 0 radical (unpaired) electrons. The van der Waals surface area contributed by atoms with Crippen LogP contribution in [-0.2, 0) is 59.0 Å². The number of aromatic nitrogens is 2. The normalized spacial score (nSPS) is 13.5. The molecule has 1 aliphatic heterocycles. The monoisotopic (exact) mass is 1200 g/mol. The summed E-state index contributed by atoms with van der Waals surface area (Å²) < 4.78 is 59.3. The first-order valence-corrected chi connectivity index (χ1v) is 28.8. The van der Waals surface area contributed by atoms with Gasteiger partial charge in [-0.15, -0.1) is 0 Å². The van der Waals surface area contributed by atoms with Gasteiger partial charge >= 0.3 is 6.09 Å². The van der Waals surface area contributed by atoms with Crippen LogP contribution in [0.5, 0.6) is 0 Å². The lowest BCUT2D eigenvalue weighted by Crippen LogP contribution is -2.53. The lowest BCUT2D eigenvalue weighted by Gasteiger charge is -2.40. The van der Waals surface area contributed by atoms with Crippen molar-refractivity contribution in [2.45, 2.75) is 112 Å². The summed E-state index contributed by atoms with van der Waals surface area (Å²) in [5.74, 6) is -4.40. The zero-order valence-electron chi connectivity index (χ0n) is 50.6. The molecule has 0 bridgehead atoms. The van der Waals surface area contributed by atoms with Crippen molar-refractivity contribution in [3.63, 3.8) is 0 Å². The third kappa shape index (κ3) is 22.8. The van der Waals surface area contributed by atoms with Crippen molar-refractivity contribution >= 4 is 53.1 Å². The zero-order chi connectivity index (χ0) is 63.0. The van der Waals surface area contributed by atoms with E-state index in [0.29, 0.717) is 37.9 Å². The Bertz CT molecular complexity index is 2930. The van der Waals surface area contributed by atoms with E-state index in [0.717, 1.165) is 28.7 Å². The molecule has 86 heavy (non-hydrogen) atoms. The van der Waals surface area contributed by atoms with E-state index in [4.69, 9.17) is 28.7 Å². The average molecular weight is 1200 g/mol. The molecule has 0 saturated carbocycles. The number of ether oxygens (including phenoxy) is 5. The second-order valence-corrected chi connectivity index (χ2v) is 22.8. The van der Waals surface area contributed by atoms with Crippen molar-refractivity contribution in [2.75, 3.05) is 84.4 Å². The molecule has 5 N–H and O–H groups in total. The van der Waals surface area contributed by atoms with Crippen LogP contribution in [0.4, 0.5) is 19.3 Å². The van der Waals surface area contributed by atoms with Gasteiger partial charge in [-0.1, -0.05) is 65.0 Å². The van der Waals surface area contributed by atoms with E-state index < -0.39 is 82.3 Å². The molecule has 24 heteroatoms. The summed E-state index contributed by atoms with van der Waals surface area (Å²) in [5.41, 5.74) is 0.131. The summed E-state index contributed by atoms with van der Waals surface area (Å²) in [6.07, 6.45) is 3.62. The zero-order valence-corrected chi connectivity index (χ0v) is 50.6. The van der Waals surface area contributed by atoms with E-state index >= 15 is 9.18 Å². The number of nitrogens with one attached hydrogen (secondary N) is 5. The first-order chi connectivity index (χ1) is 40.8. The molecule has 468 valence electrons. The minimum atomic E-state index is -1.04. The first-order valence-electron chi connectivity index (χ1n) is 28.8. The molecule has 2 heterocycles. The molecule has 0 saturated heterocycles. The predicted molar refractivity (Wildman–Crippen MR) is 316 cm³/mol. The van der Waals surface area contributed by atoms with Gasteiger partial charge in [0.25, 0.3) is 17.7 Å². The van der Waals surface area contributed by atoms with Gasteiger partial charge in [-0.2, -0.15) is 0 Å².